The highest BCUT2D eigenvalue weighted by Crippen LogP contribution is 2.62. The van der Waals surface area contributed by atoms with Gasteiger partial charge in [-0.15, -0.1) is 0 Å². The molecule has 0 radical (unpaired) electrons. The van der Waals surface area contributed by atoms with Crippen LogP contribution in [0.25, 0.3) is 0 Å². The van der Waals surface area contributed by atoms with Gasteiger partial charge in [0.05, 0.1) is 11.8 Å². The first-order valence-corrected chi connectivity index (χ1v) is 8.90. The molecule has 124 valence electrons. The number of ether oxygens (including phenoxy) is 1. The normalized spacial score (nSPS) is 31.4. The molecule has 1 saturated heterocycles. The Morgan fingerprint density at radius 2 is 1.83 bits per heavy atom. The third-order valence-corrected chi connectivity index (χ3v) is 5.95. The van der Waals surface area contributed by atoms with Crippen LogP contribution < -0.4 is 0 Å². The van der Waals surface area contributed by atoms with E-state index in [0.717, 1.165) is 36.9 Å². The maximum atomic E-state index is 9.41. The molecule has 1 unspecified atom stereocenters. The Balaban J connectivity index is 1.93. The minimum absolute atomic E-state index is 0.177. The quantitative estimate of drug-likeness (QED) is 0.695. The van der Waals surface area contributed by atoms with Gasteiger partial charge in [-0.3, -0.25) is 0 Å². The molecule has 0 N–H and O–H groups in total. The summed E-state index contributed by atoms with van der Waals surface area (Å²) < 4.78 is 7.01. The molecule has 1 spiro atoms. The summed E-state index contributed by atoms with van der Waals surface area (Å²) in [6.45, 7) is 4.45. The molecule has 2 heterocycles. The smallest absolute Gasteiger partial charge is 0.180 e. The van der Waals surface area contributed by atoms with Crippen molar-refractivity contribution in [2.24, 2.45) is 5.41 Å². The zero-order valence-corrected chi connectivity index (χ0v) is 14.5. The number of hydrogen-bond donors (Lipinski definition) is 0. The van der Waals surface area contributed by atoms with Crippen LogP contribution in [0.2, 0.25) is 0 Å². The van der Waals surface area contributed by atoms with Crippen LogP contribution in [-0.2, 0) is 10.5 Å². The Labute approximate surface area is 144 Å². The summed E-state index contributed by atoms with van der Waals surface area (Å²) in [4.78, 5) is 2.23. The number of fused-ring (bicyclic) bond motifs is 1. The number of rotatable bonds is 1. The van der Waals surface area contributed by atoms with Crippen molar-refractivity contribution in [3.8, 4) is 6.07 Å². The summed E-state index contributed by atoms with van der Waals surface area (Å²) in [6.07, 6.45) is 11.6. The van der Waals surface area contributed by atoms with Gasteiger partial charge in [0.25, 0.3) is 0 Å². The lowest BCUT2D eigenvalue weighted by atomic mass is 9.78. The van der Waals surface area contributed by atoms with Crippen molar-refractivity contribution in [3.63, 3.8) is 0 Å². The number of nitriles is 1. The molecule has 24 heavy (non-hydrogen) atoms. The second kappa shape index (κ2) is 5.22. The van der Waals surface area contributed by atoms with Crippen molar-refractivity contribution >= 4 is 0 Å². The SMILES string of the molecule is CC1(C)C=CN2/C(=C\C#N)C3(CCCCC3)OC21c1ccccc1. The Bertz CT molecular complexity index is 735. The lowest BCUT2D eigenvalue weighted by molar-refractivity contribution is -0.186. The minimum atomic E-state index is -0.561. The summed E-state index contributed by atoms with van der Waals surface area (Å²) in [5.41, 5.74) is 1.13. The molecule has 3 heteroatoms. The Morgan fingerprint density at radius 1 is 1.12 bits per heavy atom. The molecule has 1 aromatic rings. The van der Waals surface area contributed by atoms with Gasteiger partial charge in [-0.05, 0) is 12.8 Å². The highest BCUT2D eigenvalue weighted by Gasteiger charge is 2.65. The van der Waals surface area contributed by atoms with Gasteiger partial charge >= 0.3 is 0 Å². The van der Waals surface area contributed by atoms with Crippen molar-refractivity contribution in [1.82, 2.24) is 4.90 Å². The van der Waals surface area contributed by atoms with E-state index in [2.05, 4.69) is 61.4 Å². The highest BCUT2D eigenvalue weighted by atomic mass is 16.6. The molecule has 0 bridgehead atoms. The molecule has 2 fully saturated rings. The molecule has 3 aliphatic rings. The van der Waals surface area contributed by atoms with E-state index in [1.54, 1.807) is 6.08 Å². The van der Waals surface area contributed by atoms with Gasteiger partial charge in [-0.1, -0.05) is 69.5 Å². The molecule has 1 atom stereocenters. The zero-order valence-electron chi connectivity index (χ0n) is 14.5. The summed E-state index contributed by atoms with van der Waals surface area (Å²) in [5, 5.41) is 9.41. The molecule has 0 amide bonds. The summed E-state index contributed by atoms with van der Waals surface area (Å²) in [6, 6.07) is 12.7. The Morgan fingerprint density at radius 3 is 2.50 bits per heavy atom. The third kappa shape index (κ3) is 1.87. The van der Waals surface area contributed by atoms with E-state index in [1.165, 1.54) is 6.42 Å². The van der Waals surface area contributed by atoms with Gasteiger partial charge < -0.3 is 9.64 Å². The molecule has 3 nitrogen and oxygen atoms in total. The fourth-order valence-electron chi connectivity index (χ4n) is 4.75. The molecule has 2 aliphatic heterocycles. The predicted octanol–water partition coefficient (Wildman–Crippen LogP) is 4.84. The highest BCUT2D eigenvalue weighted by molar-refractivity contribution is 5.42. The average Bonchev–Trinajstić information content (AvgIpc) is 3.01. The van der Waals surface area contributed by atoms with Crippen molar-refractivity contribution in [1.29, 1.82) is 5.26 Å². The lowest BCUT2D eigenvalue weighted by Crippen LogP contribution is -2.47. The van der Waals surface area contributed by atoms with Crippen molar-refractivity contribution < 1.29 is 4.74 Å². The topological polar surface area (TPSA) is 36.3 Å². The molecule has 4 rings (SSSR count). The number of hydrogen-bond acceptors (Lipinski definition) is 3. The number of nitrogens with zero attached hydrogens (tertiary/aromatic N) is 2. The average molecular weight is 320 g/mol. The molecule has 1 aliphatic carbocycles. The van der Waals surface area contributed by atoms with Crippen molar-refractivity contribution in [2.75, 3.05) is 0 Å². The summed E-state index contributed by atoms with van der Waals surface area (Å²) >= 11 is 0. The molecule has 1 saturated carbocycles. The molecular weight excluding hydrogens is 296 g/mol. The Kier molecular flexibility index (Phi) is 3.37. The van der Waals surface area contributed by atoms with Crippen LogP contribution in [0.5, 0.6) is 0 Å². The van der Waals surface area contributed by atoms with Gasteiger partial charge in [-0.25, -0.2) is 0 Å². The minimum Gasteiger partial charge on any atom is -0.337 e. The van der Waals surface area contributed by atoms with Crippen LogP contribution in [0.1, 0.15) is 51.5 Å². The van der Waals surface area contributed by atoms with E-state index in [1.807, 2.05) is 6.07 Å². The Hall–Kier alpha value is -2.05. The largest absolute Gasteiger partial charge is 0.337 e. The van der Waals surface area contributed by atoms with Gasteiger partial charge in [0, 0.05) is 23.3 Å². The van der Waals surface area contributed by atoms with Crippen LogP contribution in [0.4, 0.5) is 0 Å². The van der Waals surface area contributed by atoms with Crippen molar-refractivity contribution in [2.45, 2.75) is 57.3 Å². The van der Waals surface area contributed by atoms with E-state index in [-0.39, 0.29) is 11.0 Å². The molecular formula is C21H24N2O. The first-order chi connectivity index (χ1) is 11.6. The van der Waals surface area contributed by atoms with E-state index in [0.29, 0.717) is 0 Å². The second-order valence-electron chi connectivity index (χ2n) is 7.73. The van der Waals surface area contributed by atoms with Crippen molar-refractivity contribution in [3.05, 3.63) is 59.9 Å². The van der Waals surface area contributed by atoms with Crippen LogP contribution in [0.3, 0.4) is 0 Å². The van der Waals surface area contributed by atoms with Crippen LogP contribution in [-0.4, -0.2) is 10.5 Å². The maximum Gasteiger partial charge on any atom is 0.180 e. The summed E-state index contributed by atoms with van der Waals surface area (Å²) in [7, 11) is 0. The lowest BCUT2D eigenvalue weighted by Gasteiger charge is -2.43. The van der Waals surface area contributed by atoms with Gasteiger partial charge in [0.2, 0.25) is 0 Å². The number of allylic oxidation sites excluding steroid dienone is 1. The first kappa shape index (κ1) is 15.5. The van der Waals surface area contributed by atoms with Crippen LogP contribution in [0, 0.1) is 16.7 Å². The standard InChI is InChI=1S/C21H24N2O/c1-19(2)14-16-23-18(11-15-22)20(12-7-4-8-13-20)24-21(19,23)17-9-5-3-6-10-17/h3,5-6,9-11,14,16H,4,7-8,12-13H2,1-2H3/b18-11-. The van der Waals surface area contributed by atoms with Gasteiger partial charge in [0.15, 0.2) is 5.72 Å². The summed E-state index contributed by atoms with van der Waals surface area (Å²) in [5.74, 6) is 0. The van der Waals surface area contributed by atoms with E-state index in [4.69, 9.17) is 4.74 Å². The van der Waals surface area contributed by atoms with Gasteiger partial charge in [-0.2, -0.15) is 5.26 Å². The number of benzene rings is 1. The third-order valence-electron chi connectivity index (χ3n) is 5.95. The maximum absolute atomic E-state index is 9.41. The zero-order chi connectivity index (χ0) is 16.8. The first-order valence-electron chi connectivity index (χ1n) is 8.90. The second-order valence-corrected chi connectivity index (χ2v) is 7.73. The van der Waals surface area contributed by atoms with Crippen LogP contribution in [0.15, 0.2) is 54.4 Å². The fourth-order valence-corrected chi connectivity index (χ4v) is 4.75. The van der Waals surface area contributed by atoms with Crippen LogP contribution >= 0.6 is 0 Å². The monoisotopic (exact) mass is 320 g/mol. The molecule has 1 aromatic carbocycles. The fraction of sp³-hybridized carbons (Fsp3) is 0.476. The van der Waals surface area contributed by atoms with Gasteiger partial charge in [0.1, 0.15) is 5.60 Å². The predicted molar refractivity (Wildman–Crippen MR) is 93.5 cm³/mol. The van der Waals surface area contributed by atoms with E-state index < -0.39 is 5.72 Å². The van der Waals surface area contributed by atoms with E-state index >= 15 is 0 Å². The molecule has 0 aromatic heterocycles. The van der Waals surface area contributed by atoms with E-state index in [9.17, 15) is 5.26 Å².